The number of aliphatic carboxylic acids is 1. The van der Waals surface area contributed by atoms with E-state index in [-0.39, 0.29) is 10.6 Å². The molecule has 0 spiro atoms. The van der Waals surface area contributed by atoms with E-state index < -0.39 is 11.9 Å². The molecule has 1 aromatic carbocycles. The first kappa shape index (κ1) is 11.8. The van der Waals surface area contributed by atoms with Crippen LogP contribution >= 0.6 is 23.2 Å². The summed E-state index contributed by atoms with van der Waals surface area (Å²) >= 11 is 11.6. The fourth-order valence-corrected chi connectivity index (χ4v) is 1.90. The fraction of sp³-hybridized carbons (Fsp3) is 0.200. The van der Waals surface area contributed by atoms with Crippen LogP contribution in [-0.2, 0) is 4.79 Å². The van der Waals surface area contributed by atoms with Crippen molar-refractivity contribution in [2.45, 2.75) is 12.8 Å². The minimum Gasteiger partial charge on any atom is -0.481 e. The predicted molar refractivity (Wildman–Crippen MR) is 57.2 cm³/mol. The molecule has 0 bridgehead atoms. The smallest absolute Gasteiger partial charge is 0.310 e. The van der Waals surface area contributed by atoms with Gasteiger partial charge in [-0.2, -0.15) is 5.26 Å². The van der Waals surface area contributed by atoms with Crippen molar-refractivity contribution in [2.24, 2.45) is 0 Å². The van der Waals surface area contributed by atoms with Crippen molar-refractivity contribution in [3.63, 3.8) is 0 Å². The van der Waals surface area contributed by atoms with E-state index in [2.05, 4.69) is 0 Å². The molecule has 0 aliphatic carbocycles. The van der Waals surface area contributed by atoms with Gasteiger partial charge in [0.05, 0.1) is 17.6 Å². The Balaban J connectivity index is 3.41. The molecular formula is C10H7Cl2NO2. The summed E-state index contributed by atoms with van der Waals surface area (Å²) in [5.74, 6) is -1.86. The number of benzene rings is 1. The highest BCUT2D eigenvalue weighted by molar-refractivity contribution is 6.35. The van der Waals surface area contributed by atoms with E-state index in [1.165, 1.54) is 19.1 Å². The lowest BCUT2D eigenvalue weighted by Crippen LogP contribution is -2.09. The number of rotatable bonds is 2. The summed E-state index contributed by atoms with van der Waals surface area (Å²) in [6.45, 7) is 1.47. The summed E-state index contributed by atoms with van der Waals surface area (Å²) in [5.41, 5.74) is 0.499. The second-order valence-corrected chi connectivity index (χ2v) is 3.86. The highest BCUT2D eigenvalue weighted by Gasteiger charge is 2.21. The Kier molecular flexibility index (Phi) is 3.57. The van der Waals surface area contributed by atoms with Crippen molar-refractivity contribution in [2.75, 3.05) is 0 Å². The van der Waals surface area contributed by atoms with E-state index in [0.717, 1.165) is 0 Å². The van der Waals surface area contributed by atoms with Gasteiger partial charge in [0.1, 0.15) is 0 Å². The maximum Gasteiger partial charge on any atom is 0.310 e. The molecule has 3 nitrogen and oxygen atoms in total. The van der Waals surface area contributed by atoms with E-state index >= 15 is 0 Å². The predicted octanol–water partition coefficient (Wildman–Crippen LogP) is 3.05. The summed E-state index contributed by atoms with van der Waals surface area (Å²) in [6, 6.07) is 4.72. The fourth-order valence-electron chi connectivity index (χ4n) is 1.24. The highest BCUT2D eigenvalue weighted by Crippen LogP contribution is 2.31. The molecule has 1 aromatic rings. The molecule has 1 rings (SSSR count). The standard InChI is InChI=1S/C10H7Cl2NO2/c1-5(10(14)15)9-6(4-13)2-7(11)3-8(9)12/h2-3,5H,1H3,(H,14,15). The maximum absolute atomic E-state index is 10.8. The Bertz CT molecular complexity index is 451. The molecule has 1 atom stereocenters. The van der Waals surface area contributed by atoms with Crippen LogP contribution in [0, 0.1) is 11.3 Å². The minimum absolute atomic E-state index is 0.197. The van der Waals surface area contributed by atoms with Crippen molar-refractivity contribution < 1.29 is 9.90 Å². The third kappa shape index (κ3) is 2.41. The number of halogens is 2. The molecule has 0 aliphatic heterocycles. The number of carbonyl (C=O) groups is 1. The van der Waals surface area contributed by atoms with Gasteiger partial charge in [0.2, 0.25) is 0 Å². The Morgan fingerprint density at radius 2 is 2.13 bits per heavy atom. The second-order valence-electron chi connectivity index (χ2n) is 3.02. The van der Waals surface area contributed by atoms with Crippen LogP contribution in [0.4, 0.5) is 0 Å². The number of nitriles is 1. The van der Waals surface area contributed by atoms with Crippen LogP contribution in [0.25, 0.3) is 0 Å². The number of carboxylic acids is 1. The van der Waals surface area contributed by atoms with Crippen LogP contribution in [0.3, 0.4) is 0 Å². The molecule has 15 heavy (non-hydrogen) atoms. The van der Waals surface area contributed by atoms with Gasteiger partial charge in [-0.15, -0.1) is 0 Å². The number of nitrogens with zero attached hydrogens (tertiary/aromatic N) is 1. The molecule has 0 heterocycles. The molecule has 0 aromatic heterocycles. The van der Waals surface area contributed by atoms with Gasteiger partial charge in [-0.3, -0.25) is 4.79 Å². The first-order valence-corrected chi connectivity index (χ1v) is 4.84. The topological polar surface area (TPSA) is 61.1 Å². The third-order valence-electron chi connectivity index (χ3n) is 2.02. The van der Waals surface area contributed by atoms with E-state index in [0.29, 0.717) is 10.6 Å². The lowest BCUT2D eigenvalue weighted by molar-refractivity contribution is -0.138. The third-order valence-corrected chi connectivity index (χ3v) is 2.55. The molecule has 0 radical (unpaired) electrons. The van der Waals surface area contributed by atoms with Crippen LogP contribution in [0.15, 0.2) is 12.1 Å². The summed E-state index contributed by atoms with van der Waals surface area (Å²) < 4.78 is 0. The van der Waals surface area contributed by atoms with E-state index in [9.17, 15) is 4.79 Å². The SMILES string of the molecule is CC(C(=O)O)c1c(Cl)cc(Cl)cc1C#N. The van der Waals surface area contributed by atoms with Crippen LogP contribution in [-0.4, -0.2) is 11.1 Å². The summed E-state index contributed by atoms with van der Waals surface area (Å²) in [7, 11) is 0. The molecule has 1 N–H and O–H groups in total. The molecule has 0 saturated carbocycles. The molecule has 0 aliphatic rings. The Labute approximate surface area is 96.8 Å². The summed E-state index contributed by atoms with van der Waals surface area (Å²) in [6.07, 6.45) is 0. The largest absolute Gasteiger partial charge is 0.481 e. The zero-order valence-corrected chi connectivity index (χ0v) is 9.30. The monoisotopic (exact) mass is 243 g/mol. The van der Waals surface area contributed by atoms with Gasteiger partial charge in [0.15, 0.2) is 0 Å². The van der Waals surface area contributed by atoms with E-state index in [1.54, 1.807) is 0 Å². The second kappa shape index (κ2) is 4.52. The zero-order valence-electron chi connectivity index (χ0n) is 7.79. The van der Waals surface area contributed by atoms with Crippen molar-refractivity contribution in [3.05, 3.63) is 33.3 Å². The minimum atomic E-state index is -1.03. The van der Waals surface area contributed by atoms with Gasteiger partial charge in [-0.25, -0.2) is 0 Å². The molecule has 0 amide bonds. The first-order chi connectivity index (χ1) is 6.97. The highest BCUT2D eigenvalue weighted by atomic mass is 35.5. The summed E-state index contributed by atoms with van der Waals surface area (Å²) in [4.78, 5) is 10.8. The summed E-state index contributed by atoms with van der Waals surface area (Å²) in [5, 5.41) is 18.2. The molecule has 0 saturated heterocycles. The molecule has 78 valence electrons. The molecule has 5 heteroatoms. The Hall–Kier alpha value is -1.24. The molecule has 0 fully saturated rings. The van der Waals surface area contributed by atoms with Crippen LogP contribution < -0.4 is 0 Å². The first-order valence-electron chi connectivity index (χ1n) is 4.09. The van der Waals surface area contributed by atoms with Gasteiger partial charge in [-0.05, 0) is 19.1 Å². The van der Waals surface area contributed by atoms with Crippen molar-refractivity contribution >= 4 is 29.2 Å². The Morgan fingerprint density at radius 1 is 1.53 bits per heavy atom. The number of hydrogen-bond acceptors (Lipinski definition) is 2. The lowest BCUT2D eigenvalue weighted by atomic mass is 9.96. The Morgan fingerprint density at radius 3 is 2.60 bits per heavy atom. The van der Waals surface area contributed by atoms with Crippen LogP contribution in [0.1, 0.15) is 24.0 Å². The van der Waals surface area contributed by atoms with Crippen molar-refractivity contribution in [1.82, 2.24) is 0 Å². The lowest BCUT2D eigenvalue weighted by Gasteiger charge is -2.11. The average Bonchev–Trinajstić information content (AvgIpc) is 2.15. The van der Waals surface area contributed by atoms with E-state index in [1.807, 2.05) is 6.07 Å². The molecule has 1 unspecified atom stereocenters. The van der Waals surface area contributed by atoms with Gasteiger partial charge in [0, 0.05) is 15.6 Å². The van der Waals surface area contributed by atoms with Gasteiger partial charge >= 0.3 is 5.97 Å². The van der Waals surface area contributed by atoms with Crippen molar-refractivity contribution in [3.8, 4) is 6.07 Å². The van der Waals surface area contributed by atoms with E-state index in [4.69, 9.17) is 33.6 Å². The van der Waals surface area contributed by atoms with Crippen LogP contribution in [0.2, 0.25) is 10.0 Å². The number of hydrogen-bond donors (Lipinski definition) is 1. The average molecular weight is 244 g/mol. The maximum atomic E-state index is 10.8. The zero-order chi connectivity index (χ0) is 11.6. The molecular weight excluding hydrogens is 237 g/mol. The van der Waals surface area contributed by atoms with Gasteiger partial charge in [-0.1, -0.05) is 23.2 Å². The van der Waals surface area contributed by atoms with Crippen molar-refractivity contribution in [1.29, 1.82) is 5.26 Å². The normalized spacial score (nSPS) is 11.9. The quantitative estimate of drug-likeness (QED) is 0.869. The van der Waals surface area contributed by atoms with Gasteiger partial charge < -0.3 is 5.11 Å². The number of carboxylic acid groups (broad SMARTS) is 1. The van der Waals surface area contributed by atoms with Crippen LogP contribution in [0.5, 0.6) is 0 Å². The van der Waals surface area contributed by atoms with Gasteiger partial charge in [0.25, 0.3) is 0 Å².